The van der Waals surface area contributed by atoms with Gasteiger partial charge < -0.3 is 4.57 Å². The van der Waals surface area contributed by atoms with Crippen LogP contribution >= 0.6 is 12.2 Å². The van der Waals surface area contributed by atoms with Gasteiger partial charge in [-0.15, -0.1) is 0 Å². The van der Waals surface area contributed by atoms with Crippen molar-refractivity contribution in [3.05, 3.63) is 71.4 Å². The Morgan fingerprint density at radius 2 is 1.77 bits per heavy atom. The van der Waals surface area contributed by atoms with E-state index in [1.165, 1.54) is 4.90 Å². The van der Waals surface area contributed by atoms with Gasteiger partial charge in [0.2, 0.25) is 0 Å². The first-order chi connectivity index (χ1) is 14.4. The van der Waals surface area contributed by atoms with E-state index in [-0.39, 0.29) is 16.7 Å². The molecule has 5 nitrogen and oxygen atoms in total. The first-order valence-corrected chi connectivity index (χ1v) is 10.4. The summed E-state index contributed by atoms with van der Waals surface area (Å²) in [4.78, 5) is 27.3. The number of fused-ring (bicyclic) bond motifs is 1. The number of anilines is 1. The molecule has 2 aromatic carbocycles. The Kier molecular flexibility index (Phi) is 5.26. The molecule has 3 aromatic rings. The highest BCUT2D eigenvalue weighted by Crippen LogP contribution is 2.28. The molecule has 6 heteroatoms. The standard InChI is InChI=1S/C24H23N3O2S/c1-4-16-9-11-18(12-10-16)27-23(29)20(22(28)25-24(27)30)13-17-14-26(15(2)3)21-8-6-5-7-19(17)21/h5-15H,4H2,1-3H3,(H,25,28,30)/b20-13+. The molecule has 0 radical (unpaired) electrons. The van der Waals surface area contributed by atoms with E-state index in [0.29, 0.717) is 5.69 Å². The summed E-state index contributed by atoms with van der Waals surface area (Å²) < 4.78 is 2.14. The van der Waals surface area contributed by atoms with Crippen LogP contribution < -0.4 is 10.2 Å². The quantitative estimate of drug-likeness (QED) is 0.383. The number of carbonyl (C=O) groups is 2. The fraction of sp³-hybridized carbons (Fsp3) is 0.208. The third-order valence-corrected chi connectivity index (χ3v) is 5.62. The second-order valence-electron chi connectivity index (χ2n) is 7.58. The van der Waals surface area contributed by atoms with Crippen LogP contribution in [0.3, 0.4) is 0 Å². The minimum absolute atomic E-state index is 0.0647. The minimum Gasteiger partial charge on any atom is -0.344 e. The fourth-order valence-electron chi connectivity index (χ4n) is 3.70. The number of amides is 2. The van der Waals surface area contributed by atoms with Crippen LogP contribution in [0.15, 0.2) is 60.3 Å². The summed E-state index contributed by atoms with van der Waals surface area (Å²) >= 11 is 5.30. The Balaban J connectivity index is 1.79. The first kappa shape index (κ1) is 20.0. The molecule has 1 aliphatic heterocycles. The molecule has 152 valence electrons. The molecule has 0 atom stereocenters. The molecule has 0 saturated carbocycles. The summed E-state index contributed by atoms with van der Waals surface area (Å²) in [6.45, 7) is 6.27. The number of benzene rings is 2. The van der Waals surface area contributed by atoms with Gasteiger partial charge in [-0.25, -0.2) is 0 Å². The van der Waals surface area contributed by atoms with E-state index in [9.17, 15) is 9.59 Å². The van der Waals surface area contributed by atoms with Crippen molar-refractivity contribution in [2.45, 2.75) is 33.2 Å². The topological polar surface area (TPSA) is 54.3 Å². The van der Waals surface area contributed by atoms with Gasteiger partial charge in [-0.2, -0.15) is 0 Å². The molecule has 0 aliphatic carbocycles. The van der Waals surface area contributed by atoms with E-state index in [1.54, 1.807) is 6.08 Å². The number of thiocarbonyl (C=S) groups is 1. The van der Waals surface area contributed by atoms with E-state index in [4.69, 9.17) is 12.2 Å². The van der Waals surface area contributed by atoms with Crippen molar-refractivity contribution < 1.29 is 9.59 Å². The molecule has 30 heavy (non-hydrogen) atoms. The maximum Gasteiger partial charge on any atom is 0.270 e. The van der Waals surface area contributed by atoms with E-state index in [2.05, 4.69) is 30.7 Å². The Morgan fingerprint density at radius 3 is 2.43 bits per heavy atom. The molecule has 1 N–H and O–H groups in total. The van der Waals surface area contributed by atoms with Gasteiger partial charge in [-0.3, -0.25) is 19.8 Å². The van der Waals surface area contributed by atoms with Crippen LogP contribution in [0.2, 0.25) is 0 Å². The lowest BCUT2D eigenvalue weighted by Crippen LogP contribution is -2.54. The van der Waals surface area contributed by atoms with Crippen molar-refractivity contribution in [2.24, 2.45) is 0 Å². The van der Waals surface area contributed by atoms with Gasteiger partial charge in [0.1, 0.15) is 5.57 Å². The highest BCUT2D eigenvalue weighted by molar-refractivity contribution is 7.80. The van der Waals surface area contributed by atoms with Gasteiger partial charge in [0, 0.05) is 28.7 Å². The average molecular weight is 418 g/mol. The zero-order valence-electron chi connectivity index (χ0n) is 17.2. The van der Waals surface area contributed by atoms with Crippen molar-refractivity contribution in [2.75, 3.05) is 4.90 Å². The highest BCUT2D eigenvalue weighted by Gasteiger charge is 2.34. The average Bonchev–Trinajstić information content (AvgIpc) is 3.10. The lowest BCUT2D eigenvalue weighted by atomic mass is 10.1. The van der Waals surface area contributed by atoms with Gasteiger partial charge in [0.05, 0.1) is 5.69 Å². The number of aryl methyl sites for hydroxylation is 1. The highest BCUT2D eigenvalue weighted by atomic mass is 32.1. The summed E-state index contributed by atoms with van der Waals surface area (Å²) in [5, 5.41) is 3.74. The third kappa shape index (κ3) is 3.44. The van der Waals surface area contributed by atoms with E-state index >= 15 is 0 Å². The molecule has 0 spiro atoms. The molecule has 1 aromatic heterocycles. The summed E-state index contributed by atoms with van der Waals surface area (Å²) in [7, 11) is 0. The number of aromatic nitrogens is 1. The summed E-state index contributed by atoms with van der Waals surface area (Å²) in [5.74, 6) is -0.901. The third-order valence-electron chi connectivity index (χ3n) is 5.33. The molecular weight excluding hydrogens is 394 g/mol. The lowest BCUT2D eigenvalue weighted by Gasteiger charge is -2.29. The fourth-order valence-corrected chi connectivity index (χ4v) is 3.98. The second kappa shape index (κ2) is 7.88. The molecule has 1 saturated heterocycles. The van der Waals surface area contributed by atoms with E-state index in [1.807, 2.05) is 54.7 Å². The van der Waals surface area contributed by atoms with Crippen molar-refractivity contribution >= 4 is 51.8 Å². The van der Waals surface area contributed by atoms with Crippen molar-refractivity contribution in [3.8, 4) is 0 Å². The van der Waals surface area contributed by atoms with Crippen LogP contribution in [-0.4, -0.2) is 21.5 Å². The van der Waals surface area contributed by atoms with Gasteiger partial charge in [-0.05, 0) is 62.3 Å². The maximum atomic E-state index is 13.3. The smallest absolute Gasteiger partial charge is 0.270 e. The van der Waals surface area contributed by atoms with Crippen LogP contribution in [0, 0.1) is 0 Å². The summed E-state index contributed by atoms with van der Waals surface area (Å²) in [6, 6.07) is 15.8. The Bertz CT molecular complexity index is 1190. The molecule has 0 unspecified atom stereocenters. The first-order valence-electron chi connectivity index (χ1n) is 10.0. The van der Waals surface area contributed by atoms with Crippen molar-refractivity contribution in [3.63, 3.8) is 0 Å². The Hall–Kier alpha value is -3.25. The van der Waals surface area contributed by atoms with E-state index < -0.39 is 11.8 Å². The minimum atomic E-state index is -0.479. The number of nitrogens with zero attached hydrogens (tertiary/aromatic N) is 2. The zero-order valence-corrected chi connectivity index (χ0v) is 18.0. The van der Waals surface area contributed by atoms with Gasteiger partial charge >= 0.3 is 0 Å². The molecule has 1 aliphatic rings. The number of rotatable bonds is 4. The predicted molar refractivity (Wildman–Crippen MR) is 124 cm³/mol. The number of carbonyl (C=O) groups excluding carboxylic acids is 2. The Labute approximate surface area is 181 Å². The van der Waals surface area contributed by atoms with Crippen LogP contribution in [0.25, 0.3) is 17.0 Å². The SMILES string of the molecule is CCc1ccc(N2C(=O)/C(=C/c3cn(C(C)C)c4ccccc34)C(=O)NC2=S)cc1. The normalized spacial score (nSPS) is 16.1. The van der Waals surface area contributed by atoms with Gasteiger partial charge in [0.25, 0.3) is 11.8 Å². The molecule has 2 heterocycles. The lowest BCUT2D eigenvalue weighted by molar-refractivity contribution is -0.122. The van der Waals surface area contributed by atoms with Gasteiger partial charge in [-0.1, -0.05) is 37.3 Å². The molecule has 2 amide bonds. The van der Waals surface area contributed by atoms with E-state index in [0.717, 1.165) is 28.5 Å². The van der Waals surface area contributed by atoms with Gasteiger partial charge in [0.15, 0.2) is 5.11 Å². The van der Waals surface area contributed by atoms with Crippen LogP contribution in [-0.2, 0) is 16.0 Å². The zero-order chi connectivity index (χ0) is 21.4. The number of para-hydroxylation sites is 1. The van der Waals surface area contributed by atoms with Crippen LogP contribution in [0.5, 0.6) is 0 Å². The predicted octanol–water partition coefficient (Wildman–Crippen LogP) is 4.62. The summed E-state index contributed by atoms with van der Waals surface area (Å²) in [6.07, 6.45) is 4.55. The number of nitrogens with one attached hydrogen (secondary N) is 1. The van der Waals surface area contributed by atoms with Crippen molar-refractivity contribution in [1.29, 1.82) is 0 Å². The second-order valence-corrected chi connectivity index (χ2v) is 7.97. The molecule has 1 fully saturated rings. The number of hydrogen-bond acceptors (Lipinski definition) is 3. The maximum absolute atomic E-state index is 13.3. The number of hydrogen-bond donors (Lipinski definition) is 1. The largest absolute Gasteiger partial charge is 0.344 e. The Morgan fingerprint density at radius 1 is 1.07 bits per heavy atom. The molecule has 0 bridgehead atoms. The molecule has 4 rings (SSSR count). The van der Waals surface area contributed by atoms with Crippen molar-refractivity contribution in [1.82, 2.24) is 9.88 Å². The van der Waals surface area contributed by atoms with Crippen LogP contribution in [0.1, 0.15) is 37.9 Å². The summed E-state index contributed by atoms with van der Waals surface area (Å²) in [5.41, 5.74) is 3.75. The molecular formula is C24H23N3O2S. The monoisotopic (exact) mass is 417 g/mol. The van der Waals surface area contributed by atoms with Crippen LogP contribution in [0.4, 0.5) is 5.69 Å².